The van der Waals surface area contributed by atoms with E-state index in [0.29, 0.717) is 12.4 Å². The van der Waals surface area contributed by atoms with E-state index in [1.165, 1.54) is 4.80 Å². The van der Waals surface area contributed by atoms with Crippen molar-refractivity contribution in [2.75, 3.05) is 6.61 Å². The summed E-state index contributed by atoms with van der Waals surface area (Å²) in [6, 6.07) is 7.63. The number of hydrogen-bond donors (Lipinski definition) is 0. The van der Waals surface area contributed by atoms with Gasteiger partial charge in [0.05, 0.1) is 13.7 Å². The van der Waals surface area contributed by atoms with Crippen molar-refractivity contribution in [3.8, 4) is 17.1 Å². The lowest BCUT2D eigenvalue weighted by Gasteiger charge is -2.02. The third kappa shape index (κ3) is 2.12. The number of aromatic nitrogens is 4. The smallest absolute Gasteiger partial charge is 0.204 e. The Labute approximate surface area is 87.7 Å². The van der Waals surface area contributed by atoms with Crippen LogP contribution in [0.25, 0.3) is 11.4 Å². The Morgan fingerprint density at radius 2 is 2.00 bits per heavy atom. The molecule has 0 atom stereocenters. The molecule has 0 amide bonds. The topological polar surface area (TPSA) is 52.8 Å². The van der Waals surface area contributed by atoms with E-state index in [9.17, 15) is 0 Å². The largest absolute Gasteiger partial charge is 0.494 e. The number of tetrazole rings is 1. The molecule has 0 aliphatic carbocycles. The van der Waals surface area contributed by atoms with Gasteiger partial charge in [0, 0.05) is 5.56 Å². The summed E-state index contributed by atoms with van der Waals surface area (Å²) in [7, 11) is 1.74. The maximum absolute atomic E-state index is 5.34. The van der Waals surface area contributed by atoms with E-state index in [1.54, 1.807) is 7.05 Å². The Balaban J connectivity index is 2.23. The normalized spacial score (nSPS) is 10.3. The molecule has 78 valence electrons. The summed E-state index contributed by atoms with van der Waals surface area (Å²) < 4.78 is 5.34. The first-order valence-electron chi connectivity index (χ1n) is 4.77. The minimum absolute atomic E-state index is 0.626. The van der Waals surface area contributed by atoms with Gasteiger partial charge in [-0.2, -0.15) is 4.80 Å². The molecule has 5 nitrogen and oxygen atoms in total. The van der Waals surface area contributed by atoms with Gasteiger partial charge in [-0.25, -0.2) is 0 Å². The summed E-state index contributed by atoms with van der Waals surface area (Å²) in [5.74, 6) is 1.48. The standard InChI is InChI=1S/C10H12N4O/c1-3-15-9-6-4-8(5-7-9)10-11-13-14(2)12-10/h4-7H,3H2,1-2H3. The lowest BCUT2D eigenvalue weighted by atomic mass is 10.2. The zero-order chi connectivity index (χ0) is 10.7. The molecular formula is C10H12N4O. The van der Waals surface area contributed by atoms with E-state index in [4.69, 9.17) is 4.74 Å². The third-order valence-electron chi connectivity index (χ3n) is 1.93. The first-order chi connectivity index (χ1) is 7.29. The van der Waals surface area contributed by atoms with Gasteiger partial charge in [0.1, 0.15) is 5.75 Å². The number of hydrogen-bond acceptors (Lipinski definition) is 4. The molecule has 2 aromatic rings. The van der Waals surface area contributed by atoms with Crippen LogP contribution < -0.4 is 4.74 Å². The summed E-state index contributed by atoms with van der Waals surface area (Å²) in [6.45, 7) is 2.63. The van der Waals surface area contributed by atoms with Crippen LogP contribution in [0.1, 0.15) is 6.92 Å². The maximum atomic E-state index is 5.34. The SMILES string of the molecule is CCOc1ccc(-c2nnn(C)n2)cc1. The quantitative estimate of drug-likeness (QED) is 0.755. The number of rotatable bonds is 3. The molecule has 0 aliphatic rings. The fourth-order valence-corrected chi connectivity index (χ4v) is 1.27. The van der Waals surface area contributed by atoms with Crippen molar-refractivity contribution in [2.24, 2.45) is 7.05 Å². The van der Waals surface area contributed by atoms with Crippen LogP contribution in [0, 0.1) is 0 Å². The summed E-state index contributed by atoms with van der Waals surface area (Å²) >= 11 is 0. The number of nitrogens with zero attached hydrogens (tertiary/aromatic N) is 4. The molecule has 0 spiro atoms. The molecule has 0 aliphatic heterocycles. The number of benzene rings is 1. The first-order valence-corrected chi connectivity index (χ1v) is 4.77. The zero-order valence-electron chi connectivity index (χ0n) is 8.71. The highest BCUT2D eigenvalue weighted by Gasteiger charge is 2.03. The van der Waals surface area contributed by atoms with Crippen LogP contribution in [0.3, 0.4) is 0 Å². The van der Waals surface area contributed by atoms with Crippen molar-refractivity contribution < 1.29 is 4.74 Å². The highest BCUT2D eigenvalue weighted by Crippen LogP contribution is 2.18. The summed E-state index contributed by atoms with van der Waals surface area (Å²) in [5, 5.41) is 11.8. The Morgan fingerprint density at radius 1 is 1.27 bits per heavy atom. The second kappa shape index (κ2) is 4.08. The van der Waals surface area contributed by atoms with Crippen LogP contribution in [0.5, 0.6) is 5.75 Å². The zero-order valence-corrected chi connectivity index (χ0v) is 8.71. The molecule has 1 aromatic heterocycles. The average Bonchev–Trinajstić information content (AvgIpc) is 2.67. The van der Waals surface area contributed by atoms with Crippen LogP contribution >= 0.6 is 0 Å². The number of ether oxygens (including phenoxy) is 1. The predicted molar refractivity (Wildman–Crippen MR) is 55.4 cm³/mol. The minimum Gasteiger partial charge on any atom is -0.494 e. The molecule has 1 heterocycles. The summed E-state index contributed by atoms with van der Waals surface area (Å²) in [4.78, 5) is 1.44. The van der Waals surface area contributed by atoms with Crippen LogP contribution in [-0.2, 0) is 7.05 Å². The monoisotopic (exact) mass is 204 g/mol. The first kappa shape index (κ1) is 9.64. The average molecular weight is 204 g/mol. The van der Waals surface area contributed by atoms with Gasteiger partial charge in [-0.1, -0.05) is 0 Å². The molecule has 0 saturated carbocycles. The second-order valence-electron chi connectivity index (χ2n) is 3.06. The van der Waals surface area contributed by atoms with Crippen molar-refractivity contribution in [3.63, 3.8) is 0 Å². The molecule has 0 fully saturated rings. The minimum atomic E-state index is 0.626. The Kier molecular flexibility index (Phi) is 2.62. The lowest BCUT2D eigenvalue weighted by molar-refractivity contribution is 0.340. The molecule has 2 rings (SSSR count). The van der Waals surface area contributed by atoms with Gasteiger partial charge < -0.3 is 4.74 Å². The molecule has 0 bridgehead atoms. The third-order valence-corrected chi connectivity index (χ3v) is 1.93. The fourth-order valence-electron chi connectivity index (χ4n) is 1.27. The van der Waals surface area contributed by atoms with Crippen LogP contribution in [0.15, 0.2) is 24.3 Å². The van der Waals surface area contributed by atoms with Gasteiger partial charge in [-0.3, -0.25) is 0 Å². The van der Waals surface area contributed by atoms with Gasteiger partial charge in [-0.05, 0) is 36.4 Å². The van der Waals surface area contributed by atoms with Crippen molar-refractivity contribution in [3.05, 3.63) is 24.3 Å². The van der Waals surface area contributed by atoms with Gasteiger partial charge in [0.15, 0.2) is 0 Å². The van der Waals surface area contributed by atoms with Gasteiger partial charge >= 0.3 is 0 Å². The van der Waals surface area contributed by atoms with Crippen LogP contribution in [0.4, 0.5) is 0 Å². The molecule has 15 heavy (non-hydrogen) atoms. The molecular weight excluding hydrogens is 192 g/mol. The van der Waals surface area contributed by atoms with Crippen molar-refractivity contribution >= 4 is 0 Å². The lowest BCUT2D eigenvalue weighted by Crippen LogP contribution is -1.92. The molecule has 0 unspecified atom stereocenters. The van der Waals surface area contributed by atoms with Crippen molar-refractivity contribution in [1.29, 1.82) is 0 Å². The highest BCUT2D eigenvalue weighted by molar-refractivity contribution is 5.55. The van der Waals surface area contributed by atoms with Crippen molar-refractivity contribution in [1.82, 2.24) is 20.2 Å². The Bertz CT molecular complexity index is 435. The van der Waals surface area contributed by atoms with E-state index in [0.717, 1.165) is 11.3 Å². The Morgan fingerprint density at radius 3 is 2.53 bits per heavy atom. The molecule has 1 aromatic carbocycles. The van der Waals surface area contributed by atoms with E-state index in [2.05, 4.69) is 15.4 Å². The van der Waals surface area contributed by atoms with E-state index in [-0.39, 0.29) is 0 Å². The predicted octanol–water partition coefficient (Wildman–Crippen LogP) is 1.28. The second-order valence-corrected chi connectivity index (χ2v) is 3.06. The number of aryl methyl sites for hydroxylation is 1. The maximum Gasteiger partial charge on any atom is 0.204 e. The summed E-state index contributed by atoms with van der Waals surface area (Å²) in [6.07, 6.45) is 0. The molecule has 0 N–H and O–H groups in total. The van der Waals surface area contributed by atoms with E-state index < -0.39 is 0 Å². The van der Waals surface area contributed by atoms with Gasteiger partial charge in [0.2, 0.25) is 5.82 Å². The summed E-state index contributed by atoms with van der Waals surface area (Å²) in [5.41, 5.74) is 0.937. The van der Waals surface area contributed by atoms with Crippen LogP contribution in [-0.4, -0.2) is 26.8 Å². The van der Waals surface area contributed by atoms with Gasteiger partial charge in [0.25, 0.3) is 0 Å². The van der Waals surface area contributed by atoms with Crippen LogP contribution in [0.2, 0.25) is 0 Å². The van der Waals surface area contributed by atoms with Gasteiger partial charge in [-0.15, -0.1) is 10.2 Å². The van der Waals surface area contributed by atoms with E-state index in [1.807, 2.05) is 31.2 Å². The van der Waals surface area contributed by atoms with E-state index >= 15 is 0 Å². The fraction of sp³-hybridized carbons (Fsp3) is 0.300. The molecule has 0 radical (unpaired) electrons. The molecule has 5 heteroatoms. The molecule has 0 saturated heterocycles. The van der Waals surface area contributed by atoms with Crippen molar-refractivity contribution in [2.45, 2.75) is 6.92 Å². The Hall–Kier alpha value is -1.91. The highest BCUT2D eigenvalue weighted by atomic mass is 16.5.